The van der Waals surface area contributed by atoms with Crippen LogP contribution in [-0.4, -0.2) is 31.5 Å². The second-order valence-corrected chi connectivity index (χ2v) is 6.44. The zero-order chi connectivity index (χ0) is 17.9. The van der Waals surface area contributed by atoms with Gasteiger partial charge in [-0.3, -0.25) is 0 Å². The number of nitrogen functional groups attached to an aromatic ring is 1. The number of aromatic nitrogens is 5. The van der Waals surface area contributed by atoms with Crippen LogP contribution in [0.5, 0.6) is 0 Å². The molecule has 0 atom stereocenters. The Morgan fingerprint density at radius 3 is 2.36 bits per heavy atom. The van der Waals surface area contributed by atoms with E-state index in [4.69, 9.17) is 11.5 Å². The minimum Gasteiger partial charge on any atom is -0.368 e. The van der Waals surface area contributed by atoms with Crippen molar-refractivity contribution in [3.63, 3.8) is 0 Å². The molecule has 2 aromatic heterocycles. The zero-order valence-electron chi connectivity index (χ0n) is 15.3. The fourth-order valence-electron chi connectivity index (χ4n) is 2.83. The molecule has 5 N–H and O–H groups in total. The summed E-state index contributed by atoms with van der Waals surface area (Å²) in [5.41, 5.74) is 12.1. The molecule has 2 rings (SSSR count). The monoisotopic (exact) mass is 345 g/mol. The minimum atomic E-state index is 0.215. The van der Waals surface area contributed by atoms with E-state index >= 15 is 0 Å². The Morgan fingerprint density at radius 2 is 1.64 bits per heavy atom. The third-order valence-corrected chi connectivity index (χ3v) is 4.20. The molecule has 0 radical (unpaired) electrons. The molecule has 0 bridgehead atoms. The first-order chi connectivity index (χ1) is 12.2. The quantitative estimate of drug-likeness (QED) is 0.509. The summed E-state index contributed by atoms with van der Waals surface area (Å²) in [6, 6.07) is 0. The Morgan fingerprint density at radius 1 is 0.920 bits per heavy atom. The predicted octanol–water partition coefficient (Wildman–Crippen LogP) is 3.03. The van der Waals surface area contributed by atoms with Gasteiger partial charge in [-0.2, -0.15) is 9.97 Å². The smallest absolute Gasteiger partial charge is 0.223 e. The van der Waals surface area contributed by atoms with Gasteiger partial charge in [0.15, 0.2) is 5.82 Å². The van der Waals surface area contributed by atoms with Crippen molar-refractivity contribution in [2.45, 2.75) is 71.1 Å². The first-order valence-corrected chi connectivity index (χ1v) is 9.47. The van der Waals surface area contributed by atoms with Crippen molar-refractivity contribution in [1.29, 1.82) is 0 Å². The largest absolute Gasteiger partial charge is 0.368 e. The zero-order valence-corrected chi connectivity index (χ0v) is 15.3. The second-order valence-electron chi connectivity index (χ2n) is 6.44. The van der Waals surface area contributed by atoms with Crippen LogP contribution in [0.2, 0.25) is 0 Å². The topological polar surface area (TPSA) is 119 Å². The van der Waals surface area contributed by atoms with Crippen molar-refractivity contribution < 1.29 is 0 Å². The minimum absolute atomic E-state index is 0.215. The number of H-pyrrole nitrogens is 1. The SMILES string of the molecule is CCCCCCCCCCc1ncc(-c2nc(N)nc(CCN)n2)[nH]1. The summed E-state index contributed by atoms with van der Waals surface area (Å²) in [7, 11) is 0. The number of unbranched alkanes of at least 4 members (excludes halogenated alkanes) is 7. The van der Waals surface area contributed by atoms with E-state index in [-0.39, 0.29) is 5.95 Å². The molecule has 0 amide bonds. The van der Waals surface area contributed by atoms with E-state index in [1.807, 2.05) is 0 Å². The van der Waals surface area contributed by atoms with Gasteiger partial charge in [0.25, 0.3) is 0 Å². The van der Waals surface area contributed by atoms with Crippen molar-refractivity contribution in [2.24, 2.45) is 5.73 Å². The fourth-order valence-corrected chi connectivity index (χ4v) is 2.83. The highest BCUT2D eigenvalue weighted by Crippen LogP contribution is 2.15. The summed E-state index contributed by atoms with van der Waals surface area (Å²) in [5.74, 6) is 2.34. The van der Waals surface area contributed by atoms with E-state index in [2.05, 4.69) is 31.8 Å². The normalized spacial score (nSPS) is 11.1. The number of nitrogens with one attached hydrogen (secondary N) is 1. The molecule has 0 saturated carbocycles. The van der Waals surface area contributed by atoms with E-state index in [0.29, 0.717) is 24.6 Å². The molecule has 7 nitrogen and oxygen atoms in total. The highest BCUT2D eigenvalue weighted by atomic mass is 15.1. The highest BCUT2D eigenvalue weighted by molar-refractivity contribution is 5.49. The van der Waals surface area contributed by atoms with Gasteiger partial charge in [0.2, 0.25) is 5.95 Å². The van der Waals surface area contributed by atoms with Gasteiger partial charge in [0, 0.05) is 12.8 Å². The maximum Gasteiger partial charge on any atom is 0.223 e. The summed E-state index contributed by atoms with van der Waals surface area (Å²) in [4.78, 5) is 20.4. The molecule has 7 heteroatoms. The van der Waals surface area contributed by atoms with Crippen LogP contribution in [-0.2, 0) is 12.8 Å². The van der Waals surface area contributed by atoms with Gasteiger partial charge in [0.1, 0.15) is 17.3 Å². The Hall–Kier alpha value is -2.02. The maximum absolute atomic E-state index is 5.75. The van der Waals surface area contributed by atoms with Crippen molar-refractivity contribution in [2.75, 3.05) is 12.3 Å². The van der Waals surface area contributed by atoms with Crippen molar-refractivity contribution in [1.82, 2.24) is 24.9 Å². The van der Waals surface area contributed by atoms with Gasteiger partial charge in [-0.05, 0) is 13.0 Å². The van der Waals surface area contributed by atoms with Gasteiger partial charge >= 0.3 is 0 Å². The van der Waals surface area contributed by atoms with Gasteiger partial charge in [0.05, 0.1) is 6.20 Å². The fraction of sp³-hybridized carbons (Fsp3) is 0.667. The van der Waals surface area contributed by atoms with Crippen LogP contribution < -0.4 is 11.5 Å². The number of anilines is 1. The van der Waals surface area contributed by atoms with Crippen LogP contribution in [0.4, 0.5) is 5.95 Å². The summed E-state index contributed by atoms with van der Waals surface area (Å²) >= 11 is 0. The third kappa shape index (κ3) is 6.78. The van der Waals surface area contributed by atoms with Gasteiger partial charge < -0.3 is 16.5 Å². The third-order valence-electron chi connectivity index (χ3n) is 4.20. The lowest BCUT2D eigenvalue weighted by Crippen LogP contribution is -2.10. The Kier molecular flexibility index (Phi) is 8.31. The molecule has 0 aliphatic carbocycles. The van der Waals surface area contributed by atoms with Crippen LogP contribution in [0.15, 0.2) is 6.20 Å². The van der Waals surface area contributed by atoms with Gasteiger partial charge in [-0.25, -0.2) is 9.97 Å². The molecule has 2 heterocycles. The number of hydrogen-bond donors (Lipinski definition) is 3. The molecule has 0 unspecified atom stereocenters. The van der Waals surface area contributed by atoms with Crippen LogP contribution in [0.25, 0.3) is 11.5 Å². The summed E-state index contributed by atoms with van der Waals surface area (Å²) < 4.78 is 0. The van der Waals surface area contributed by atoms with E-state index in [9.17, 15) is 0 Å². The molecule has 138 valence electrons. The number of nitrogens with zero attached hydrogens (tertiary/aromatic N) is 4. The van der Waals surface area contributed by atoms with Crippen molar-refractivity contribution in [3.8, 4) is 11.5 Å². The molecule has 0 aliphatic heterocycles. The number of hydrogen-bond acceptors (Lipinski definition) is 6. The molecule has 2 aromatic rings. The number of imidazole rings is 1. The molecule has 0 saturated heterocycles. The van der Waals surface area contributed by atoms with E-state index in [1.165, 1.54) is 44.9 Å². The molecule has 0 aromatic carbocycles. The predicted molar refractivity (Wildman–Crippen MR) is 101 cm³/mol. The van der Waals surface area contributed by atoms with Crippen LogP contribution in [0, 0.1) is 0 Å². The Balaban J connectivity index is 1.78. The van der Waals surface area contributed by atoms with Crippen molar-refractivity contribution in [3.05, 3.63) is 17.8 Å². The lowest BCUT2D eigenvalue weighted by atomic mass is 10.1. The Bertz CT molecular complexity index is 624. The van der Waals surface area contributed by atoms with Crippen LogP contribution in [0.1, 0.15) is 69.9 Å². The highest BCUT2D eigenvalue weighted by Gasteiger charge is 2.09. The standard InChI is InChI=1S/C18H31N7/c1-2-3-4-5-6-7-8-9-10-15-21-13-14(22-15)17-23-16(11-12-19)24-18(20)25-17/h13H,2-12,19H2,1H3,(H,21,22)(H2,20,23,24,25). The first-order valence-electron chi connectivity index (χ1n) is 9.47. The van der Waals surface area contributed by atoms with Gasteiger partial charge in [-0.1, -0.05) is 51.9 Å². The molecular weight excluding hydrogens is 314 g/mol. The summed E-state index contributed by atoms with van der Waals surface area (Å²) in [5, 5.41) is 0. The number of nitrogens with two attached hydrogens (primary N) is 2. The van der Waals surface area contributed by atoms with Gasteiger partial charge in [-0.15, -0.1) is 0 Å². The summed E-state index contributed by atoms with van der Waals surface area (Å²) in [6.07, 6.45) is 13.8. The summed E-state index contributed by atoms with van der Waals surface area (Å²) in [6.45, 7) is 2.73. The first kappa shape index (κ1) is 19.3. The molecule has 25 heavy (non-hydrogen) atoms. The molecule has 0 aliphatic rings. The van der Waals surface area contributed by atoms with Crippen LogP contribution in [0.3, 0.4) is 0 Å². The number of rotatable bonds is 12. The second kappa shape index (κ2) is 10.8. The molecule has 0 fully saturated rings. The lowest BCUT2D eigenvalue weighted by Gasteiger charge is -2.02. The average molecular weight is 345 g/mol. The van der Waals surface area contributed by atoms with E-state index in [1.54, 1.807) is 6.20 Å². The maximum atomic E-state index is 5.75. The molecule has 0 spiro atoms. The number of aryl methyl sites for hydroxylation is 1. The number of aromatic amines is 1. The average Bonchev–Trinajstić information content (AvgIpc) is 3.06. The van der Waals surface area contributed by atoms with E-state index in [0.717, 1.165) is 24.4 Å². The van der Waals surface area contributed by atoms with Crippen LogP contribution >= 0.6 is 0 Å². The Labute approximate surface area is 150 Å². The van der Waals surface area contributed by atoms with Crippen molar-refractivity contribution >= 4 is 5.95 Å². The molecular formula is C18H31N7. The lowest BCUT2D eigenvalue weighted by molar-refractivity contribution is 0.572. The van der Waals surface area contributed by atoms with E-state index < -0.39 is 0 Å².